The number of carbonyl (C=O) groups is 1. The third kappa shape index (κ3) is 2.13. The van der Waals surface area contributed by atoms with Gasteiger partial charge in [-0.05, 0) is 24.6 Å². The lowest BCUT2D eigenvalue weighted by atomic mass is 9.91. The van der Waals surface area contributed by atoms with Crippen LogP contribution >= 0.6 is 0 Å². The molecule has 2 N–H and O–H groups in total. The van der Waals surface area contributed by atoms with Crippen LogP contribution in [0, 0.1) is 6.92 Å². The molecule has 1 rings (SSSR count). The van der Waals surface area contributed by atoms with Gasteiger partial charge in [-0.1, -0.05) is 6.07 Å². The Balaban J connectivity index is 3.45. The van der Waals surface area contributed by atoms with Crippen LogP contribution in [-0.2, 0) is 15.1 Å². The summed E-state index contributed by atoms with van der Waals surface area (Å²) in [5, 5.41) is 18.9. The van der Waals surface area contributed by atoms with E-state index in [4.69, 9.17) is 0 Å². The van der Waals surface area contributed by atoms with Crippen LogP contribution in [0.3, 0.4) is 0 Å². The molecule has 7 heteroatoms. The molecule has 0 aliphatic heterocycles. The maximum absolute atomic E-state index is 12.8. The van der Waals surface area contributed by atoms with Crippen LogP contribution in [0.4, 0.5) is 13.2 Å². The topological polar surface area (TPSA) is 66.8 Å². The Labute approximate surface area is 101 Å². The highest BCUT2D eigenvalue weighted by Gasteiger charge is 2.62. The van der Waals surface area contributed by atoms with Gasteiger partial charge in [0.2, 0.25) is 0 Å². The van der Waals surface area contributed by atoms with Crippen LogP contribution in [0.1, 0.15) is 11.1 Å². The normalized spacial score (nSPS) is 15.0. The van der Waals surface area contributed by atoms with Crippen LogP contribution in [0.15, 0.2) is 18.2 Å². The number of aliphatic hydroxyl groups is 1. The number of methoxy groups -OCH3 is 1. The van der Waals surface area contributed by atoms with E-state index >= 15 is 0 Å². The van der Waals surface area contributed by atoms with Gasteiger partial charge in [-0.3, -0.25) is 0 Å². The fourth-order valence-electron chi connectivity index (χ4n) is 1.43. The molecule has 1 aromatic carbocycles. The summed E-state index contributed by atoms with van der Waals surface area (Å²) in [6.45, 7) is 1.34. The SMILES string of the molecule is COC(=O)C(O)(c1ccc(O)c(C)c1)C(F)(F)F. The Bertz CT molecular complexity index is 470. The minimum Gasteiger partial charge on any atom is -0.508 e. The van der Waals surface area contributed by atoms with E-state index in [1.165, 1.54) is 6.92 Å². The summed E-state index contributed by atoms with van der Waals surface area (Å²) < 4.78 is 42.5. The van der Waals surface area contributed by atoms with Crippen molar-refractivity contribution in [1.82, 2.24) is 0 Å². The summed E-state index contributed by atoms with van der Waals surface area (Å²) in [5.74, 6) is -2.08. The van der Waals surface area contributed by atoms with Crippen LogP contribution in [-0.4, -0.2) is 29.5 Å². The summed E-state index contributed by atoms with van der Waals surface area (Å²) in [6.07, 6.45) is -5.23. The van der Waals surface area contributed by atoms with Crippen molar-refractivity contribution in [3.63, 3.8) is 0 Å². The van der Waals surface area contributed by atoms with Crippen LogP contribution in [0.2, 0.25) is 0 Å². The van der Waals surface area contributed by atoms with Gasteiger partial charge in [-0.25, -0.2) is 4.79 Å². The van der Waals surface area contributed by atoms with Crippen LogP contribution in [0.25, 0.3) is 0 Å². The summed E-state index contributed by atoms with van der Waals surface area (Å²) >= 11 is 0. The number of esters is 1. The molecular formula is C11H11F3O4. The van der Waals surface area contributed by atoms with E-state index in [1.807, 2.05) is 0 Å². The van der Waals surface area contributed by atoms with Crippen molar-refractivity contribution in [2.45, 2.75) is 18.7 Å². The van der Waals surface area contributed by atoms with Crippen LogP contribution in [0.5, 0.6) is 5.75 Å². The molecule has 0 radical (unpaired) electrons. The second kappa shape index (κ2) is 4.49. The number of hydrogen-bond donors (Lipinski definition) is 2. The monoisotopic (exact) mass is 264 g/mol. The summed E-state index contributed by atoms with van der Waals surface area (Å²) in [6, 6.07) is 2.65. The zero-order valence-corrected chi connectivity index (χ0v) is 9.58. The van der Waals surface area contributed by atoms with E-state index < -0.39 is 23.3 Å². The lowest BCUT2D eigenvalue weighted by Gasteiger charge is -2.28. The van der Waals surface area contributed by atoms with E-state index in [-0.39, 0.29) is 11.3 Å². The molecule has 4 nitrogen and oxygen atoms in total. The zero-order valence-electron chi connectivity index (χ0n) is 9.58. The second-order valence-corrected chi connectivity index (χ2v) is 3.70. The van der Waals surface area contributed by atoms with Gasteiger partial charge in [-0.2, -0.15) is 13.2 Å². The molecule has 1 atom stereocenters. The smallest absolute Gasteiger partial charge is 0.432 e. The fraction of sp³-hybridized carbons (Fsp3) is 0.364. The largest absolute Gasteiger partial charge is 0.508 e. The quantitative estimate of drug-likeness (QED) is 0.797. The number of alkyl halides is 3. The third-order valence-electron chi connectivity index (χ3n) is 2.51. The maximum Gasteiger partial charge on any atom is 0.432 e. The van der Waals surface area contributed by atoms with Crippen LogP contribution < -0.4 is 0 Å². The highest BCUT2D eigenvalue weighted by atomic mass is 19.4. The summed E-state index contributed by atoms with van der Waals surface area (Å²) in [5.41, 5.74) is -4.36. The molecule has 1 unspecified atom stereocenters. The number of hydrogen-bond acceptors (Lipinski definition) is 4. The Kier molecular flexibility index (Phi) is 3.57. The molecule has 0 spiro atoms. The van der Waals surface area contributed by atoms with Gasteiger partial charge in [0.25, 0.3) is 5.60 Å². The lowest BCUT2D eigenvalue weighted by molar-refractivity contribution is -0.266. The fourth-order valence-corrected chi connectivity index (χ4v) is 1.43. The van der Waals surface area contributed by atoms with Crippen molar-refractivity contribution in [2.24, 2.45) is 0 Å². The molecule has 0 fully saturated rings. The maximum atomic E-state index is 12.8. The highest BCUT2D eigenvalue weighted by Crippen LogP contribution is 2.40. The van der Waals surface area contributed by atoms with Crippen molar-refractivity contribution in [3.05, 3.63) is 29.3 Å². The standard InChI is InChI=1S/C11H11F3O4/c1-6-5-7(3-4-8(6)15)10(17,9(16)18-2)11(12,13)14/h3-5,15,17H,1-2H3. The first-order chi connectivity index (χ1) is 8.14. The zero-order chi connectivity index (χ0) is 14.1. The van der Waals surface area contributed by atoms with E-state index in [2.05, 4.69) is 4.74 Å². The molecule has 0 amide bonds. The van der Waals surface area contributed by atoms with Crippen molar-refractivity contribution < 1.29 is 32.9 Å². The van der Waals surface area contributed by atoms with E-state index in [0.29, 0.717) is 0 Å². The molecule has 1 aromatic rings. The molecular weight excluding hydrogens is 253 g/mol. The first-order valence-corrected chi connectivity index (χ1v) is 4.82. The van der Waals surface area contributed by atoms with E-state index in [0.717, 1.165) is 25.3 Å². The molecule has 0 aliphatic rings. The summed E-state index contributed by atoms with van der Waals surface area (Å²) in [4.78, 5) is 11.2. The first kappa shape index (κ1) is 14.3. The number of aryl methyl sites for hydroxylation is 1. The molecule has 0 aromatic heterocycles. The van der Waals surface area contributed by atoms with Gasteiger partial charge in [0.05, 0.1) is 7.11 Å². The molecule has 18 heavy (non-hydrogen) atoms. The van der Waals surface area contributed by atoms with Gasteiger partial charge >= 0.3 is 12.1 Å². The van der Waals surface area contributed by atoms with Crippen molar-refractivity contribution in [2.75, 3.05) is 7.11 Å². The van der Waals surface area contributed by atoms with Crippen molar-refractivity contribution >= 4 is 5.97 Å². The van der Waals surface area contributed by atoms with Gasteiger partial charge in [0, 0.05) is 5.56 Å². The Hall–Kier alpha value is -1.76. The second-order valence-electron chi connectivity index (χ2n) is 3.70. The lowest BCUT2D eigenvalue weighted by Crippen LogP contribution is -2.49. The molecule has 0 saturated heterocycles. The first-order valence-electron chi connectivity index (χ1n) is 4.82. The molecule has 0 aliphatic carbocycles. The average molecular weight is 264 g/mol. The Morgan fingerprint density at radius 2 is 1.89 bits per heavy atom. The van der Waals surface area contributed by atoms with Crippen molar-refractivity contribution in [3.8, 4) is 5.75 Å². The highest BCUT2D eigenvalue weighted by molar-refractivity contribution is 5.82. The Morgan fingerprint density at radius 3 is 2.28 bits per heavy atom. The molecule has 0 saturated carbocycles. The number of rotatable bonds is 2. The molecule has 0 bridgehead atoms. The van der Waals surface area contributed by atoms with Gasteiger partial charge in [-0.15, -0.1) is 0 Å². The third-order valence-corrected chi connectivity index (χ3v) is 2.51. The average Bonchev–Trinajstić information content (AvgIpc) is 2.29. The minimum atomic E-state index is -5.23. The van der Waals surface area contributed by atoms with E-state index in [1.54, 1.807) is 0 Å². The summed E-state index contributed by atoms with van der Waals surface area (Å²) in [7, 11) is 0.742. The molecule has 0 heterocycles. The number of carbonyl (C=O) groups excluding carboxylic acids is 1. The van der Waals surface area contributed by atoms with Crippen molar-refractivity contribution in [1.29, 1.82) is 0 Å². The van der Waals surface area contributed by atoms with E-state index in [9.17, 15) is 28.2 Å². The Morgan fingerprint density at radius 1 is 1.33 bits per heavy atom. The number of phenolic OH excluding ortho intramolecular Hbond substituents is 1. The number of benzene rings is 1. The minimum absolute atomic E-state index is 0.0964. The number of ether oxygens (including phenoxy) is 1. The van der Waals surface area contributed by atoms with Gasteiger partial charge in [0.1, 0.15) is 5.75 Å². The number of phenols is 1. The molecule has 100 valence electrons. The number of halogens is 3. The predicted octanol–water partition coefficient (Wildman–Crippen LogP) is 1.62. The van der Waals surface area contributed by atoms with Gasteiger partial charge in [0.15, 0.2) is 0 Å². The predicted molar refractivity (Wildman–Crippen MR) is 54.8 cm³/mol. The van der Waals surface area contributed by atoms with Gasteiger partial charge < -0.3 is 14.9 Å². The number of aromatic hydroxyl groups is 1.